The number of aromatic nitrogens is 2. The van der Waals surface area contributed by atoms with Crippen molar-refractivity contribution in [2.45, 2.75) is 6.54 Å². The molecule has 0 radical (unpaired) electrons. The summed E-state index contributed by atoms with van der Waals surface area (Å²) in [5.74, 6) is 0.585. The standard InChI is InChI=1S/C19H14N4O/c20-9-10-24-19-8-4-1-5-16(19)11-15(12-21)13-23-14-22-17-6-2-3-7-18(17)23/h1-8,11,14H,10,13H2/b15-11-. The van der Waals surface area contributed by atoms with Crippen LogP contribution in [0.2, 0.25) is 0 Å². The summed E-state index contributed by atoms with van der Waals surface area (Å²) >= 11 is 0. The Bertz CT molecular complexity index is 973. The van der Waals surface area contributed by atoms with Crippen LogP contribution in [0.4, 0.5) is 0 Å². The zero-order valence-electron chi connectivity index (χ0n) is 12.9. The summed E-state index contributed by atoms with van der Waals surface area (Å²) < 4.78 is 7.34. The lowest BCUT2D eigenvalue weighted by Crippen LogP contribution is -1.99. The van der Waals surface area contributed by atoms with Crippen molar-refractivity contribution in [3.05, 3.63) is 66.0 Å². The van der Waals surface area contributed by atoms with Gasteiger partial charge >= 0.3 is 0 Å². The molecule has 0 amide bonds. The van der Waals surface area contributed by atoms with Crippen LogP contribution >= 0.6 is 0 Å². The molecule has 1 aromatic heterocycles. The lowest BCUT2D eigenvalue weighted by atomic mass is 10.1. The molecule has 0 saturated heterocycles. The van der Waals surface area contributed by atoms with Crippen molar-refractivity contribution in [2.75, 3.05) is 6.61 Å². The van der Waals surface area contributed by atoms with Gasteiger partial charge in [-0.1, -0.05) is 30.3 Å². The maximum absolute atomic E-state index is 9.48. The average Bonchev–Trinajstić information content (AvgIpc) is 3.03. The molecule has 0 unspecified atom stereocenters. The van der Waals surface area contributed by atoms with Gasteiger partial charge in [0.1, 0.15) is 11.8 Å². The summed E-state index contributed by atoms with van der Waals surface area (Å²) in [6.07, 6.45) is 3.51. The second-order valence-corrected chi connectivity index (χ2v) is 5.13. The molecule has 0 aliphatic rings. The van der Waals surface area contributed by atoms with Crippen LogP contribution in [0.25, 0.3) is 17.1 Å². The van der Waals surface area contributed by atoms with Crippen molar-refractivity contribution in [1.29, 1.82) is 10.5 Å². The number of hydrogen-bond donors (Lipinski definition) is 0. The predicted octanol–water partition coefficient (Wildman–Crippen LogP) is 3.55. The molecule has 0 saturated carbocycles. The van der Waals surface area contributed by atoms with Gasteiger partial charge in [-0.05, 0) is 24.3 Å². The zero-order valence-corrected chi connectivity index (χ0v) is 12.9. The Morgan fingerprint density at radius 2 is 1.92 bits per heavy atom. The number of para-hydroxylation sites is 3. The van der Waals surface area contributed by atoms with Gasteiger partial charge in [-0.25, -0.2) is 4.98 Å². The van der Waals surface area contributed by atoms with Gasteiger partial charge in [0.2, 0.25) is 0 Å². The first-order valence-electron chi connectivity index (χ1n) is 7.41. The smallest absolute Gasteiger partial charge is 0.174 e. The number of hydrogen-bond acceptors (Lipinski definition) is 4. The van der Waals surface area contributed by atoms with E-state index in [9.17, 15) is 5.26 Å². The molecule has 2 aromatic carbocycles. The molecular formula is C19H14N4O. The monoisotopic (exact) mass is 314 g/mol. The number of ether oxygens (including phenoxy) is 1. The topological polar surface area (TPSA) is 74.6 Å². The molecule has 1 heterocycles. The Labute approximate surface area is 139 Å². The highest BCUT2D eigenvalue weighted by Crippen LogP contribution is 2.22. The molecule has 24 heavy (non-hydrogen) atoms. The third-order valence-corrected chi connectivity index (χ3v) is 3.55. The molecule has 0 bridgehead atoms. The first kappa shape index (κ1) is 15.3. The average molecular weight is 314 g/mol. The van der Waals surface area contributed by atoms with Crippen LogP contribution in [0.5, 0.6) is 5.75 Å². The summed E-state index contributed by atoms with van der Waals surface area (Å²) in [4.78, 5) is 4.34. The van der Waals surface area contributed by atoms with Crippen molar-refractivity contribution in [3.63, 3.8) is 0 Å². The third-order valence-electron chi connectivity index (χ3n) is 3.55. The number of imidazole rings is 1. The van der Waals surface area contributed by atoms with Crippen molar-refractivity contribution < 1.29 is 4.74 Å². The van der Waals surface area contributed by atoms with Crippen LogP contribution in [-0.2, 0) is 6.54 Å². The van der Waals surface area contributed by atoms with E-state index in [0.717, 1.165) is 16.6 Å². The molecule has 3 aromatic rings. The number of nitrogens with zero attached hydrogens (tertiary/aromatic N) is 4. The molecule has 0 N–H and O–H groups in total. The van der Waals surface area contributed by atoms with Gasteiger partial charge in [0.25, 0.3) is 0 Å². The minimum absolute atomic E-state index is 0.0289. The summed E-state index contributed by atoms with van der Waals surface area (Å²) in [5, 5.41) is 18.1. The molecule has 5 heteroatoms. The summed E-state index contributed by atoms with van der Waals surface area (Å²) in [6, 6.07) is 19.3. The van der Waals surface area contributed by atoms with E-state index in [-0.39, 0.29) is 6.61 Å². The largest absolute Gasteiger partial charge is 0.478 e. The lowest BCUT2D eigenvalue weighted by molar-refractivity contribution is 0.367. The van der Waals surface area contributed by atoms with Gasteiger partial charge < -0.3 is 9.30 Å². The highest BCUT2D eigenvalue weighted by Gasteiger charge is 2.06. The SMILES string of the molecule is N#CCOc1ccccc1/C=C(/C#N)Cn1cnc2ccccc21. The van der Waals surface area contributed by atoms with Gasteiger partial charge in [-0.3, -0.25) is 0 Å². The highest BCUT2D eigenvalue weighted by atomic mass is 16.5. The van der Waals surface area contributed by atoms with Crippen LogP contribution in [-0.4, -0.2) is 16.2 Å². The number of nitriles is 2. The zero-order chi connectivity index (χ0) is 16.8. The molecule has 5 nitrogen and oxygen atoms in total. The van der Waals surface area contributed by atoms with E-state index in [1.165, 1.54) is 0 Å². The van der Waals surface area contributed by atoms with E-state index in [4.69, 9.17) is 10.00 Å². The molecule has 3 rings (SSSR count). The maximum atomic E-state index is 9.48. The van der Waals surface area contributed by atoms with Gasteiger partial charge in [0.15, 0.2) is 6.61 Å². The summed E-state index contributed by atoms with van der Waals surface area (Å²) in [7, 11) is 0. The molecule has 0 spiro atoms. The quantitative estimate of drug-likeness (QED) is 0.675. The van der Waals surface area contributed by atoms with Crippen molar-refractivity contribution >= 4 is 17.1 Å². The van der Waals surface area contributed by atoms with Crippen molar-refractivity contribution in [1.82, 2.24) is 9.55 Å². The van der Waals surface area contributed by atoms with Gasteiger partial charge in [0, 0.05) is 5.56 Å². The number of benzene rings is 2. The van der Waals surface area contributed by atoms with Crippen LogP contribution in [0.3, 0.4) is 0 Å². The number of rotatable bonds is 5. The fraction of sp³-hybridized carbons (Fsp3) is 0.105. The Morgan fingerprint density at radius 1 is 1.12 bits per heavy atom. The molecule has 0 fully saturated rings. The Hall–Kier alpha value is -3.57. The van der Waals surface area contributed by atoms with E-state index < -0.39 is 0 Å². The first-order chi connectivity index (χ1) is 11.8. The van der Waals surface area contributed by atoms with E-state index >= 15 is 0 Å². The van der Waals surface area contributed by atoms with E-state index in [2.05, 4.69) is 11.1 Å². The third kappa shape index (κ3) is 3.26. The summed E-state index contributed by atoms with van der Waals surface area (Å²) in [6.45, 7) is 0.391. The summed E-state index contributed by atoms with van der Waals surface area (Å²) in [5.41, 5.74) is 3.22. The number of allylic oxidation sites excluding steroid dienone is 1. The van der Waals surface area contributed by atoms with Crippen LogP contribution in [0.15, 0.2) is 60.4 Å². The minimum Gasteiger partial charge on any atom is -0.478 e. The predicted molar refractivity (Wildman–Crippen MR) is 90.9 cm³/mol. The molecule has 0 atom stereocenters. The van der Waals surface area contributed by atoms with Crippen molar-refractivity contribution in [2.24, 2.45) is 0 Å². The normalized spacial score (nSPS) is 11.0. The van der Waals surface area contributed by atoms with Gasteiger partial charge in [-0.2, -0.15) is 10.5 Å². The fourth-order valence-corrected chi connectivity index (χ4v) is 2.46. The maximum Gasteiger partial charge on any atom is 0.174 e. The Balaban J connectivity index is 1.91. The van der Waals surface area contributed by atoms with E-state index in [1.807, 2.05) is 53.1 Å². The van der Waals surface area contributed by atoms with E-state index in [1.54, 1.807) is 18.5 Å². The Morgan fingerprint density at radius 3 is 2.75 bits per heavy atom. The van der Waals surface area contributed by atoms with Crippen LogP contribution in [0, 0.1) is 22.7 Å². The molecular weight excluding hydrogens is 300 g/mol. The number of fused-ring (bicyclic) bond motifs is 1. The van der Waals surface area contributed by atoms with Crippen LogP contribution in [0.1, 0.15) is 5.56 Å². The van der Waals surface area contributed by atoms with Gasteiger partial charge in [-0.15, -0.1) is 0 Å². The lowest BCUT2D eigenvalue weighted by Gasteiger charge is -2.07. The van der Waals surface area contributed by atoms with Gasteiger partial charge in [0.05, 0.1) is 35.5 Å². The molecule has 0 aliphatic carbocycles. The molecule has 116 valence electrons. The highest BCUT2D eigenvalue weighted by molar-refractivity contribution is 5.75. The second kappa shape index (κ2) is 7.13. The molecule has 0 aliphatic heterocycles. The minimum atomic E-state index is -0.0289. The van der Waals surface area contributed by atoms with Crippen molar-refractivity contribution in [3.8, 4) is 17.9 Å². The Kier molecular flexibility index (Phi) is 4.55. The van der Waals surface area contributed by atoms with E-state index in [0.29, 0.717) is 17.9 Å². The fourth-order valence-electron chi connectivity index (χ4n) is 2.46. The second-order valence-electron chi connectivity index (χ2n) is 5.13. The first-order valence-corrected chi connectivity index (χ1v) is 7.41. The van der Waals surface area contributed by atoms with Crippen LogP contribution < -0.4 is 4.74 Å².